The first kappa shape index (κ1) is 6.71. The minimum atomic E-state index is 0.704. The van der Waals surface area contributed by atoms with Gasteiger partial charge in [-0.3, -0.25) is 0 Å². The quantitative estimate of drug-likeness (QED) is 0.639. The minimum Gasteiger partial charge on any atom is -0.398 e. The average Bonchev–Trinajstić information content (AvgIpc) is 2.66. The van der Waals surface area contributed by atoms with Crippen LogP contribution in [0.4, 0.5) is 5.69 Å². The van der Waals surface area contributed by atoms with Crippen LogP contribution in [-0.4, -0.2) is 0 Å². The van der Waals surface area contributed by atoms with Crippen molar-refractivity contribution < 1.29 is 0 Å². The van der Waals surface area contributed by atoms with E-state index < -0.39 is 0 Å². The summed E-state index contributed by atoms with van der Waals surface area (Å²) in [7, 11) is 0. The monoisotopic (exact) mass is 147 g/mol. The summed E-state index contributed by atoms with van der Waals surface area (Å²) in [5.41, 5.74) is 9.67. The highest BCUT2D eigenvalue weighted by molar-refractivity contribution is 5.66. The second kappa shape index (κ2) is 2.26. The van der Waals surface area contributed by atoms with Crippen molar-refractivity contribution in [2.45, 2.75) is 25.7 Å². The van der Waals surface area contributed by atoms with E-state index in [1.165, 1.54) is 24.0 Å². The first-order valence-electron chi connectivity index (χ1n) is 4.23. The van der Waals surface area contributed by atoms with Gasteiger partial charge in [0.25, 0.3) is 0 Å². The Morgan fingerprint density at radius 1 is 1.45 bits per heavy atom. The SMILES string of the molecule is CCCC1c2cccc(N)c21. The molecule has 1 aliphatic carbocycles. The maximum absolute atomic E-state index is 5.79. The van der Waals surface area contributed by atoms with Crippen LogP contribution in [0.3, 0.4) is 0 Å². The number of nitrogens with two attached hydrogens (primary N) is 1. The fraction of sp³-hybridized carbons (Fsp3) is 0.400. The molecule has 0 heterocycles. The molecule has 0 bridgehead atoms. The van der Waals surface area contributed by atoms with Crippen LogP contribution in [0.2, 0.25) is 0 Å². The van der Waals surface area contributed by atoms with Gasteiger partial charge < -0.3 is 5.73 Å². The highest BCUT2D eigenvalue weighted by Crippen LogP contribution is 2.49. The Morgan fingerprint density at radius 2 is 2.27 bits per heavy atom. The van der Waals surface area contributed by atoms with Crippen LogP contribution in [0.25, 0.3) is 0 Å². The largest absolute Gasteiger partial charge is 0.398 e. The molecule has 0 radical (unpaired) electrons. The number of fused-ring (bicyclic) bond motifs is 1. The van der Waals surface area contributed by atoms with Gasteiger partial charge in [0.2, 0.25) is 0 Å². The van der Waals surface area contributed by atoms with Gasteiger partial charge in [0, 0.05) is 11.6 Å². The van der Waals surface area contributed by atoms with Crippen LogP contribution in [0.15, 0.2) is 18.2 Å². The first-order valence-corrected chi connectivity index (χ1v) is 4.23. The molecule has 0 saturated heterocycles. The van der Waals surface area contributed by atoms with Crippen molar-refractivity contribution in [1.82, 2.24) is 0 Å². The molecule has 1 atom stereocenters. The molecule has 0 amide bonds. The van der Waals surface area contributed by atoms with Crippen LogP contribution < -0.4 is 5.73 Å². The zero-order valence-electron chi connectivity index (χ0n) is 6.80. The maximum atomic E-state index is 5.79. The second-order valence-electron chi connectivity index (χ2n) is 3.19. The fourth-order valence-electron chi connectivity index (χ4n) is 1.80. The molecule has 1 aromatic rings. The molecule has 0 spiro atoms. The molecule has 2 N–H and O–H groups in total. The van der Waals surface area contributed by atoms with Crippen molar-refractivity contribution in [3.05, 3.63) is 29.3 Å². The Kier molecular flexibility index (Phi) is 1.38. The van der Waals surface area contributed by atoms with Gasteiger partial charge in [-0.1, -0.05) is 25.5 Å². The Hall–Kier alpha value is -0.980. The molecule has 0 aliphatic heterocycles. The van der Waals surface area contributed by atoms with E-state index in [9.17, 15) is 0 Å². The number of nitrogen functional groups attached to an aromatic ring is 1. The Morgan fingerprint density at radius 3 is 2.91 bits per heavy atom. The molecule has 1 aromatic carbocycles. The fourth-order valence-corrected chi connectivity index (χ4v) is 1.80. The zero-order valence-corrected chi connectivity index (χ0v) is 6.80. The van der Waals surface area contributed by atoms with E-state index in [-0.39, 0.29) is 0 Å². The molecule has 1 heteroatoms. The van der Waals surface area contributed by atoms with Gasteiger partial charge in [0.05, 0.1) is 0 Å². The molecule has 1 unspecified atom stereocenters. The van der Waals surface area contributed by atoms with Crippen LogP contribution in [0.1, 0.15) is 36.8 Å². The standard InChI is InChI=1S/C10H13N/c1-2-4-7-8-5-3-6-9(11)10(7)8/h3,5-7H,2,4,11H2,1H3. The normalized spacial score (nSPS) is 19.5. The molecule has 2 rings (SSSR count). The summed E-state index contributed by atoms with van der Waals surface area (Å²) in [6.07, 6.45) is 2.52. The van der Waals surface area contributed by atoms with E-state index in [2.05, 4.69) is 13.0 Å². The van der Waals surface area contributed by atoms with Crippen LogP contribution >= 0.6 is 0 Å². The Balaban J connectivity index is 2.23. The summed E-state index contributed by atoms with van der Waals surface area (Å²) in [5, 5.41) is 0. The molecule has 1 nitrogen and oxygen atoms in total. The Labute approximate surface area is 67.2 Å². The summed E-state index contributed by atoms with van der Waals surface area (Å²) >= 11 is 0. The van der Waals surface area contributed by atoms with E-state index in [4.69, 9.17) is 5.73 Å². The van der Waals surface area contributed by atoms with E-state index >= 15 is 0 Å². The van der Waals surface area contributed by atoms with E-state index in [1.54, 1.807) is 0 Å². The summed E-state index contributed by atoms with van der Waals surface area (Å²) in [6, 6.07) is 6.23. The number of rotatable bonds is 2. The lowest BCUT2D eigenvalue weighted by atomic mass is 10.2. The van der Waals surface area contributed by atoms with Crippen molar-refractivity contribution >= 4 is 5.69 Å². The van der Waals surface area contributed by atoms with Gasteiger partial charge in [0.1, 0.15) is 0 Å². The lowest BCUT2D eigenvalue weighted by Gasteiger charge is -1.89. The zero-order chi connectivity index (χ0) is 7.84. The molecule has 11 heavy (non-hydrogen) atoms. The molecule has 58 valence electrons. The van der Waals surface area contributed by atoms with Crippen molar-refractivity contribution in [2.24, 2.45) is 0 Å². The summed E-state index contributed by atoms with van der Waals surface area (Å²) in [6.45, 7) is 2.22. The molecule has 1 aliphatic rings. The molecule has 0 saturated carbocycles. The van der Waals surface area contributed by atoms with Crippen LogP contribution in [-0.2, 0) is 0 Å². The third-order valence-electron chi connectivity index (χ3n) is 2.39. The van der Waals surface area contributed by atoms with Gasteiger partial charge in [-0.15, -0.1) is 0 Å². The summed E-state index contributed by atoms with van der Waals surface area (Å²) in [5.74, 6) is 0.704. The number of anilines is 1. The summed E-state index contributed by atoms with van der Waals surface area (Å²) in [4.78, 5) is 0. The highest BCUT2D eigenvalue weighted by atomic mass is 14.6. The van der Waals surface area contributed by atoms with Crippen molar-refractivity contribution in [3.63, 3.8) is 0 Å². The van der Waals surface area contributed by atoms with Crippen molar-refractivity contribution in [1.29, 1.82) is 0 Å². The Bertz CT molecular complexity index is 278. The van der Waals surface area contributed by atoms with Crippen molar-refractivity contribution in [2.75, 3.05) is 5.73 Å². The first-order chi connectivity index (χ1) is 5.34. The average molecular weight is 147 g/mol. The second-order valence-corrected chi connectivity index (χ2v) is 3.19. The van der Waals surface area contributed by atoms with Crippen molar-refractivity contribution in [3.8, 4) is 0 Å². The topological polar surface area (TPSA) is 26.0 Å². The third kappa shape index (κ3) is 0.917. The smallest absolute Gasteiger partial charge is 0.0355 e. The van der Waals surface area contributed by atoms with Gasteiger partial charge >= 0.3 is 0 Å². The van der Waals surface area contributed by atoms with Gasteiger partial charge in [0.15, 0.2) is 0 Å². The third-order valence-corrected chi connectivity index (χ3v) is 2.39. The lowest BCUT2D eigenvalue weighted by molar-refractivity contribution is 0.784. The lowest BCUT2D eigenvalue weighted by Crippen LogP contribution is -1.82. The number of benzene rings is 1. The van der Waals surface area contributed by atoms with E-state index in [0.29, 0.717) is 5.92 Å². The summed E-state index contributed by atoms with van der Waals surface area (Å²) < 4.78 is 0. The number of hydrogen-bond donors (Lipinski definition) is 1. The predicted molar refractivity (Wildman–Crippen MR) is 47.6 cm³/mol. The predicted octanol–water partition coefficient (Wildman–Crippen LogP) is 2.51. The van der Waals surface area contributed by atoms with E-state index in [0.717, 1.165) is 5.69 Å². The highest BCUT2D eigenvalue weighted by Gasteiger charge is 2.32. The van der Waals surface area contributed by atoms with Crippen LogP contribution in [0.5, 0.6) is 0 Å². The van der Waals surface area contributed by atoms with E-state index in [1.807, 2.05) is 12.1 Å². The molecular weight excluding hydrogens is 134 g/mol. The molecule has 0 fully saturated rings. The molecular formula is C10H13N. The van der Waals surface area contributed by atoms with Gasteiger partial charge in [-0.25, -0.2) is 0 Å². The number of hydrogen-bond acceptors (Lipinski definition) is 1. The van der Waals surface area contributed by atoms with Gasteiger partial charge in [-0.2, -0.15) is 0 Å². The van der Waals surface area contributed by atoms with Gasteiger partial charge in [-0.05, 0) is 23.6 Å². The molecule has 0 aromatic heterocycles. The van der Waals surface area contributed by atoms with Crippen LogP contribution in [0, 0.1) is 0 Å². The minimum absolute atomic E-state index is 0.704. The maximum Gasteiger partial charge on any atom is 0.0355 e.